The lowest BCUT2D eigenvalue weighted by Gasteiger charge is -2.23. The van der Waals surface area contributed by atoms with Gasteiger partial charge in [0.15, 0.2) is 6.61 Å². The number of fused-ring (bicyclic) bond motifs is 1. The summed E-state index contributed by atoms with van der Waals surface area (Å²) in [5.74, 6) is 0.576. The summed E-state index contributed by atoms with van der Waals surface area (Å²) in [6, 6.07) is 12.6. The summed E-state index contributed by atoms with van der Waals surface area (Å²) >= 11 is 7.32. The van der Waals surface area contributed by atoms with Gasteiger partial charge in [-0.25, -0.2) is 4.98 Å². The number of aromatic nitrogens is 1. The number of aliphatic hydroxyl groups is 1. The van der Waals surface area contributed by atoms with Crippen molar-refractivity contribution in [2.45, 2.75) is 0 Å². The van der Waals surface area contributed by atoms with Gasteiger partial charge in [-0.15, -0.1) is 11.3 Å². The van der Waals surface area contributed by atoms with Crippen molar-refractivity contribution >= 4 is 51.6 Å². The van der Waals surface area contributed by atoms with Crippen molar-refractivity contribution in [1.82, 2.24) is 4.98 Å². The molecule has 7 nitrogen and oxygen atoms in total. The van der Waals surface area contributed by atoms with Crippen LogP contribution in [0.5, 0.6) is 5.75 Å². The average Bonchev–Trinajstić information content (AvgIpc) is 3.32. The highest BCUT2D eigenvalue weighted by Crippen LogP contribution is 2.37. The SMILES string of the molecule is N=C1C(c2nc(-c3ccc(Cl)cc3)cs2)=C(O)CN1c1ccc2c(c1)NC(=O)CO2. The summed E-state index contributed by atoms with van der Waals surface area (Å²) in [5.41, 5.74) is 3.28. The van der Waals surface area contributed by atoms with Crippen molar-refractivity contribution in [2.75, 3.05) is 23.4 Å². The lowest BCUT2D eigenvalue weighted by molar-refractivity contribution is -0.118. The van der Waals surface area contributed by atoms with Crippen LogP contribution in [0.4, 0.5) is 11.4 Å². The Labute approximate surface area is 180 Å². The maximum absolute atomic E-state index is 11.6. The van der Waals surface area contributed by atoms with Gasteiger partial charge in [0.2, 0.25) is 0 Å². The van der Waals surface area contributed by atoms with Gasteiger partial charge >= 0.3 is 0 Å². The molecule has 1 aromatic heterocycles. The largest absolute Gasteiger partial charge is 0.510 e. The smallest absolute Gasteiger partial charge is 0.262 e. The summed E-state index contributed by atoms with van der Waals surface area (Å²) in [7, 11) is 0. The number of carbonyl (C=O) groups excluding carboxylic acids is 1. The molecule has 0 unspecified atom stereocenters. The fourth-order valence-electron chi connectivity index (χ4n) is 3.41. The Morgan fingerprint density at radius 2 is 2.03 bits per heavy atom. The zero-order valence-corrected chi connectivity index (χ0v) is 17.0. The van der Waals surface area contributed by atoms with Gasteiger partial charge in [0, 0.05) is 21.7 Å². The van der Waals surface area contributed by atoms with Crippen LogP contribution in [0.15, 0.2) is 53.6 Å². The normalized spacial score (nSPS) is 15.8. The predicted molar refractivity (Wildman–Crippen MR) is 118 cm³/mol. The second-order valence-corrected chi connectivity index (χ2v) is 8.11. The predicted octanol–water partition coefficient (Wildman–Crippen LogP) is 4.56. The molecular formula is C21H15ClN4O3S. The van der Waals surface area contributed by atoms with Crippen LogP contribution >= 0.6 is 22.9 Å². The van der Waals surface area contributed by atoms with E-state index >= 15 is 0 Å². The number of nitrogens with zero attached hydrogens (tertiary/aromatic N) is 2. The van der Waals surface area contributed by atoms with Gasteiger partial charge < -0.3 is 20.1 Å². The Kier molecular flexibility index (Phi) is 4.45. The lowest BCUT2D eigenvalue weighted by atomic mass is 10.2. The molecule has 2 aromatic carbocycles. The zero-order chi connectivity index (χ0) is 20.8. The standard InChI is InChI=1S/C21H15ClN4O3S/c22-12-3-1-11(2-4-12)15-10-30-21(25-15)19-16(27)8-26(20(19)23)13-5-6-17-14(7-13)24-18(28)9-29-17/h1-7,10,23,27H,8-9H2,(H,24,28). The first kappa shape index (κ1) is 18.7. The average molecular weight is 439 g/mol. The lowest BCUT2D eigenvalue weighted by Crippen LogP contribution is -2.28. The van der Waals surface area contributed by atoms with E-state index in [4.69, 9.17) is 21.7 Å². The zero-order valence-electron chi connectivity index (χ0n) is 15.5. The highest BCUT2D eigenvalue weighted by molar-refractivity contribution is 7.11. The number of hydrogen-bond donors (Lipinski definition) is 3. The van der Waals surface area contributed by atoms with Crippen molar-refractivity contribution in [1.29, 1.82) is 5.41 Å². The first-order valence-corrected chi connectivity index (χ1v) is 10.3. The van der Waals surface area contributed by atoms with Crippen LogP contribution in [0.25, 0.3) is 16.8 Å². The van der Waals surface area contributed by atoms with E-state index in [0.717, 1.165) is 11.3 Å². The fourth-order valence-corrected chi connectivity index (χ4v) is 4.43. The number of benzene rings is 2. The van der Waals surface area contributed by atoms with Crippen molar-refractivity contribution < 1.29 is 14.6 Å². The molecular weight excluding hydrogens is 424 g/mol. The van der Waals surface area contributed by atoms with E-state index in [-0.39, 0.29) is 30.7 Å². The monoisotopic (exact) mass is 438 g/mol. The number of thiazole rings is 1. The second kappa shape index (κ2) is 7.16. The molecule has 0 atom stereocenters. The maximum Gasteiger partial charge on any atom is 0.262 e. The Balaban J connectivity index is 1.43. The highest BCUT2D eigenvalue weighted by atomic mass is 35.5. The number of rotatable bonds is 3. The van der Waals surface area contributed by atoms with E-state index in [0.29, 0.717) is 32.7 Å². The molecule has 0 saturated heterocycles. The molecule has 2 aliphatic rings. The van der Waals surface area contributed by atoms with E-state index < -0.39 is 0 Å². The number of anilines is 2. The van der Waals surface area contributed by atoms with Gasteiger partial charge in [0.05, 0.1) is 23.5 Å². The molecule has 3 N–H and O–H groups in total. The third kappa shape index (κ3) is 3.20. The number of aliphatic hydroxyl groups excluding tert-OH is 1. The van der Waals surface area contributed by atoms with Crippen LogP contribution in [-0.4, -0.2) is 35.0 Å². The van der Waals surface area contributed by atoms with Gasteiger partial charge in [0.25, 0.3) is 5.91 Å². The molecule has 2 aliphatic heterocycles. The molecule has 5 rings (SSSR count). The fraction of sp³-hybridized carbons (Fsp3) is 0.0952. The van der Waals surface area contributed by atoms with E-state index in [1.807, 2.05) is 17.5 Å². The summed E-state index contributed by atoms with van der Waals surface area (Å²) in [6.45, 7) is 0.135. The van der Waals surface area contributed by atoms with E-state index in [1.54, 1.807) is 35.2 Å². The highest BCUT2D eigenvalue weighted by Gasteiger charge is 2.32. The number of nitrogens with one attached hydrogen (secondary N) is 2. The number of hydrogen-bond acceptors (Lipinski definition) is 6. The van der Waals surface area contributed by atoms with Gasteiger partial charge in [-0.1, -0.05) is 23.7 Å². The molecule has 0 bridgehead atoms. The van der Waals surface area contributed by atoms with Crippen molar-refractivity contribution in [3.63, 3.8) is 0 Å². The summed E-state index contributed by atoms with van der Waals surface area (Å²) in [4.78, 5) is 17.9. The Bertz CT molecular complexity index is 1220. The molecule has 3 heterocycles. The minimum absolute atomic E-state index is 0.0155. The topological polar surface area (TPSA) is 98.5 Å². The minimum Gasteiger partial charge on any atom is -0.510 e. The van der Waals surface area contributed by atoms with Gasteiger partial charge in [-0.05, 0) is 30.3 Å². The molecule has 0 fully saturated rings. The van der Waals surface area contributed by atoms with Crippen LogP contribution < -0.4 is 15.0 Å². The number of amidine groups is 1. The van der Waals surface area contributed by atoms with Crippen LogP contribution in [0, 0.1) is 5.41 Å². The van der Waals surface area contributed by atoms with Gasteiger partial charge in [-0.2, -0.15) is 0 Å². The second-order valence-electron chi connectivity index (χ2n) is 6.82. The molecule has 150 valence electrons. The molecule has 0 radical (unpaired) electrons. The Morgan fingerprint density at radius 3 is 2.83 bits per heavy atom. The van der Waals surface area contributed by atoms with E-state index in [2.05, 4.69) is 10.3 Å². The van der Waals surface area contributed by atoms with E-state index in [9.17, 15) is 9.90 Å². The first-order chi connectivity index (χ1) is 14.5. The van der Waals surface area contributed by atoms with Crippen LogP contribution in [-0.2, 0) is 4.79 Å². The molecule has 0 saturated carbocycles. The molecule has 3 aromatic rings. The van der Waals surface area contributed by atoms with Crippen LogP contribution in [0.1, 0.15) is 5.01 Å². The minimum atomic E-state index is -0.227. The van der Waals surface area contributed by atoms with Crippen molar-refractivity contribution in [3.8, 4) is 17.0 Å². The van der Waals surface area contributed by atoms with Crippen LogP contribution in [0.2, 0.25) is 5.02 Å². The Morgan fingerprint density at radius 1 is 1.23 bits per heavy atom. The van der Waals surface area contributed by atoms with Gasteiger partial charge in [0.1, 0.15) is 22.4 Å². The van der Waals surface area contributed by atoms with Crippen molar-refractivity contribution in [3.05, 3.63) is 63.6 Å². The third-order valence-electron chi connectivity index (χ3n) is 4.87. The molecule has 30 heavy (non-hydrogen) atoms. The number of carbonyl (C=O) groups is 1. The van der Waals surface area contributed by atoms with Crippen molar-refractivity contribution in [2.24, 2.45) is 0 Å². The number of amides is 1. The summed E-state index contributed by atoms with van der Waals surface area (Å²) in [5, 5.41) is 25.1. The Hall–Kier alpha value is -3.36. The van der Waals surface area contributed by atoms with Crippen LogP contribution in [0.3, 0.4) is 0 Å². The van der Waals surface area contributed by atoms with E-state index in [1.165, 1.54) is 11.3 Å². The van der Waals surface area contributed by atoms with Gasteiger partial charge in [-0.3, -0.25) is 10.2 Å². The third-order valence-corrected chi connectivity index (χ3v) is 5.98. The first-order valence-electron chi connectivity index (χ1n) is 9.07. The molecule has 1 amide bonds. The molecule has 0 spiro atoms. The summed E-state index contributed by atoms with van der Waals surface area (Å²) in [6.07, 6.45) is 0. The number of ether oxygens (including phenoxy) is 1. The molecule has 9 heteroatoms. The maximum atomic E-state index is 11.6. The number of halogens is 1. The molecule has 0 aliphatic carbocycles. The summed E-state index contributed by atoms with van der Waals surface area (Å²) < 4.78 is 5.38. The quantitative estimate of drug-likeness (QED) is 0.556.